The molecule has 10 heteroatoms. The first-order valence-corrected chi connectivity index (χ1v) is 8.51. The van der Waals surface area contributed by atoms with Crippen LogP contribution in [0.5, 0.6) is 0 Å². The molecule has 2 N–H and O–H groups in total. The number of hydrogen-bond donors (Lipinski definition) is 2. The Morgan fingerprint density at radius 1 is 1.43 bits per heavy atom. The second-order valence-corrected chi connectivity index (χ2v) is 6.62. The Balaban J connectivity index is 2.25. The molecular formula is C13H17N5O4S. The van der Waals surface area contributed by atoms with Crippen LogP contribution in [0.4, 0.5) is 0 Å². The summed E-state index contributed by atoms with van der Waals surface area (Å²) in [6.07, 6.45) is 2.96. The molecule has 23 heavy (non-hydrogen) atoms. The van der Waals surface area contributed by atoms with Crippen LogP contribution in [0.15, 0.2) is 35.5 Å². The molecule has 0 saturated carbocycles. The number of carboxylic acids is 1. The lowest BCUT2D eigenvalue weighted by Gasteiger charge is -2.14. The van der Waals surface area contributed by atoms with Gasteiger partial charge in [-0.1, -0.05) is 25.8 Å². The van der Waals surface area contributed by atoms with E-state index in [1.807, 2.05) is 6.92 Å². The summed E-state index contributed by atoms with van der Waals surface area (Å²) in [6, 6.07) is 4.78. The van der Waals surface area contributed by atoms with Crippen LogP contribution in [0.1, 0.15) is 26.2 Å². The number of hydrogen-bond acceptors (Lipinski definition) is 6. The predicted molar refractivity (Wildman–Crippen MR) is 80.4 cm³/mol. The topological polar surface area (TPSA) is 127 Å². The van der Waals surface area contributed by atoms with Crippen LogP contribution in [-0.2, 0) is 14.8 Å². The van der Waals surface area contributed by atoms with Crippen molar-refractivity contribution in [1.82, 2.24) is 24.9 Å². The molecule has 1 aromatic heterocycles. The van der Waals surface area contributed by atoms with E-state index in [-0.39, 0.29) is 11.3 Å². The van der Waals surface area contributed by atoms with Gasteiger partial charge in [-0.15, -0.1) is 5.10 Å². The molecule has 2 rings (SSSR count). The van der Waals surface area contributed by atoms with E-state index in [2.05, 4.69) is 20.2 Å². The molecule has 0 aliphatic rings. The van der Waals surface area contributed by atoms with Gasteiger partial charge in [-0.05, 0) is 35.0 Å². The quantitative estimate of drug-likeness (QED) is 0.720. The van der Waals surface area contributed by atoms with Crippen LogP contribution in [0.3, 0.4) is 0 Å². The van der Waals surface area contributed by atoms with Crippen molar-refractivity contribution in [2.75, 3.05) is 0 Å². The minimum Gasteiger partial charge on any atom is -0.480 e. The smallest absolute Gasteiger partial charge is 0.321 e. The Hall–Kier alpha value is -2.33. The summed E-state index contributed by atoms with van der Waals surface area (Å²) >= 11 is 0. The number of carboxylic acid groups (broad SMARTS) is 1. The van der Waals surface area contributed by atoms with E-state index < -0.39 is 22.0 Å². The number of aromatic nitrogens is 4. The minimum absolute atomic E-state index is 0.0479. The summed E-state index contributed by atoms with van der Waals surface area (Å²) in [6.45, 7) is 1.91. The molecule has 0 saturated heterocycles. The van der Waals surface area contributed by atoms with Crippen molar-refractivity contribution in [2.24, 2.45) is 0 Å². The molecule has 0 aliphatic heterocycles. The molecule has 0 unspecified atom stereocenters. The average molecular weight is 339 g/mol. The van der Waals surface area contributed by atoms with E-state index in [0.717, 1.165) is 6.42 Å². The fraction of sp³-hybridized carbons (Fsp3) is 0.385. The third kappa shape index (κ3) is 4.33. The van der Waals surface area contributed by atoms with Gasteiger partial charge in [0.2, 0.25) is 10.0 Å². The van der Waals surface area contributed by atoms with Crippen molar-refractivity contribution in [3.8, 4) is 5.69 Å². The maximum absolute atomic E-state index is 12.4. The summed E-state index contributed by atoms with van der Waals surface area (Å²) in [5, 5.41) is 19.8. The van der Waals surface area contributed by atoms with Crippen LogP contribution in [0.2, 0.25) is 0 Å². The normalized spacial score (nSPS) is 12.9. The van der Waals surface area contributed by atoms with Gasteiger partial charge in [-0.25, -0.2) is 13.1 Å². The molecule has 0 amide bonds. The van der Waals surface area contributed by atoms with Gasteiger partial charge in [0.15, 0.2) is 0 Å². The number of carbonyl (C=O) groups is 1. The Bertz CT molecular complexity index is 760. The molecule has 0 spiro atoms. The van der Waals surface area contributed by atoms with E-state index >= 15 is 0 Å². The summed E-state index contributed by atoms with van der Waals surface area (Å²) in [7, 11) is -3.96. The lowest BCUT2D eigenvalue weighted by atomic mass is 10.1. The zero-order valence-electron chi connectivity index (χ0n) is 12.5. The van der Waals surface area contributed by atoms with Crippen LogP contribution >= 0.6 is 0 Å². The Labute approximate surface area is 133 Å². The fourth-order valence-electron chi connectivity index (χ4n) is 1.97. The van der Waals surface area contributed by atoms with E-state index in [1.54, 1.807) is 6.07 Å². The van der Waals surface area contributed by atoms with Gasteiger partial charge in [0, 0.05) is 0 Å². The highest BCUT2D eigenvalue weighted by molar-refractivity contribution is 7.89. The SMILES string of the molecule is CCCC[C@H](NS(=O)(=O)c1cccc(-n2cnnn2)c1)C(=O)O. The monoisotopic (exact) mass is 339 g/mol. The Morgan fingerprint density at radius 3 is 2.83 bits per heavy atom. The number of tetrazole rings is 1. The van der Waals surface area contributed by atoms with Gasteiger partial charge < -0.3 is 5.11 Å². The molecule has 9 nitrogen and oxygen atoms in total. The average Bonchev–Trinajstić information content (AvgIpc) is 3.05. The third-order valence-electron chi connectivity index (χ3n) is 3.18. The number of benzene rings is 1. The first-order chi connectivity index (χ1) is 10.9. The Kier molecular flexibility index (Phi) is 5.40. The molecule has 1 aromatic carbocycles. The number of aliphatic carboxylic acids is 1. The summed E-state index contributed by atoms with van der Waals surface area (Å²) in [5.41, 5.74) is 0.457. The van der Waals surface area contributed by atoms with Crippen molar-refractivity contribution in [3.63, 3.8) is 0 Å². The first-order valence-electron chi connectivity index (χ1n) is 7.02. The number of sulfonamides is 1. The molecule has 124 valence electrons. The molecule has 2 aromatic rings. The fourth-order valence-corrected chi connectivity index (χ4v) is 3.23. The van der Waals surface area contributed by atoms with Gasteiger partial charge in [0.1, 0.15) is 12.4 Å². The van der Waals surface area contributed by atoms with Crippen molar-refractivity contribution in [2.45, 2.75) is 37.1 Å². The number of rotatable bonds is 8. The molecule has 1 heterocycles. The van der Waals surface area contributed by atoms with Crippen LogP contribution in [0.25, 0.3) is 5.69 Å². The molecule has 0 fully saturated rings. The summed E-state index contributed by atoms with van der Waals surface area (Å²) in [5.74, 6) is -1.20. The molecule has 1 atom stereocenters. The number of nitrogens with zero attached hydrogens (tertiary/aromatic N) is 4. The zero-order chi connectivity index (χ0) is 16.9. The van der Waals surface area contributed by atoms with E-state index in [9.17, 15) is 13.2 Å². The highest BCUT2D eigenvalue weighted by Crippen LogP contribution is 2.15. The standard InChI is InChI=1S/C13H17N5O4S/c1-2-3-7-12(13(19)20)15-23(21,22)11-6-4-5-10(8-11)18-9-14-16-17-18/h4-6,8-9,12,15H,2-3,7H2,1H3,(H,19,20)/t12-/m0/s1. The highest BCUT2D eigenvalue weighted by atomic mass is 32.2. The van der Waals surface area contributed by atoms with E-state index in [4.69, 9.17) is 5.11 Å². The Morgan fingerprint density at radius 2 is 2.22 bits per heavy atom. The van der Waals surface area contributed by atoms with Crippen LogP contribution < -0.4 is 4.72 Å². The van der Waals surface area contributed by atoms with E-state index in [0.29, 0.717) is 12.1 Å². The molecular weight excluding hydrogens is 322 g/mol. The van der Waals surface area contributed by atoms with Gasteiger partial charge in [0.05, 0.1) is 10.6 Å². The first kappa shape index (κ1) is 17.0. The number of nitrogens with one attached hydrogen (secondary N) is 1. The molecule has 0 radical (unpaired) electrons. The predicted octanol–water partition coefficient (Wildman–Crippen LogP) is 0.584. The van der Waals surface area contributed by atoms with Gasteiger partial charge in [-0.2, -0.15) is 4.72 Å². The summed E-state index contributed by atoms with van der Waals surface area (Å²) in [4.78, 5) is 11.2. The van der Waals surface area contributed by atoms with Gasteiger partial charge in [0.25, 0.3) is 0 Å². The highest BCUT2D eigenvalue weighted by Gasteiger charge is 2.25. The zero-order valence-corrected chi connectivity index (χ0v) is 13.3. The second-order valence-electron chi connectivity index (χ2n) is 4.91. The van der Waals surface area contributed by atoms with Gasteiger partial charge in [-0.3, -0.25) is 4.79 Å². The summed E-state index contributed by atoms with van der Waals surface area (Å²) < 4.78 is 28.3. The maximum atomic E-state index is 12.4. The van der Waals surface area contributed by atoms with E-state index in [1.165, 1.54) is 29.2 Å². The van der Waals surface area contributed by atoms with Gasteiger partial charge >= 0.3 is 5.97 Å². The van der Waals surface area contributed by atoms with Crippen molar-refractivity contribution >= 4 is 16.0 Å². The maximum Gasteiger partial charge on any atom is 0.321 e. The molecule has 0 aliphatic carbocycles. The van der Waals surface area contributed by atoms with Crippen molar-refractivity contribution in [1.29, 1.82) is 0 Å². The largest absolute Gasteiger partial charge is 0.480 e. The lowest BCUT2D eigenvalue weighted by molar-refractivity contribution is -0.139. The second kappa shape index (κ2) is 7.29. The third-order valence-corrected chi connectivity index (χ3v) is 4.65. The van der Waals surface area contributed by atoms with Crippen LogP contribution in [0, 0.1) is 0 Å². The number of unbranched alkanes of at least 4 members (excludes halogenated alkanes) is 1. The van der Waals surface area contributed by atoms with Crippen LogP contribution in [-0.4, -0.2) is 45.7 Å². The molecule has 0 bridgehead atoms. The minimum atomic E-state index is -3.96. The van der Waals surface area contributed by atoms with Crippen molar-refractivity contribution < 1.29 is 18.3 Å². The van der Waals surface area contributed by atoms with Crippen molar-refractivity contribution in [3.05, 3.63) is 30.6 Å². The lowest BCUT2D eigenvalue weighted by Crippen LogP contribution is -2.40.